The van der Waals surface area contributed by atoms with E-state index in [1.165, 1.54) is 0 Å². The minimum Gasteiger partial charge on any atom is -0.375 e. The van der Waals surface area contributed by atoms with Crippen LogP contribution in [0.5, 0.6) is 0 Å². The highest BCUT2D eigenvalue weighted by atomic mass is 35.5. The standard InChI is InChI=1S/C17H18N4O2S.ClH/c22-16(9-14-10-18-5-7-23-14)19-13-3-1-12(2-4-13)15-11-21-6-8-24-17(21)20-15;/h1-4,6,8,11,14,18H,5,7,9-10H2,(H,19,22);1H. The van der Waals surface area contributed by atoms with Gasteiger partial charge in [-0.2, -0.15) is 0 Å². The zero-order chi connectivity index (χ0) is 16.4. The van der Waals surface area contributed by atoms with Gasteiger partial charge < -0.3 is 15.4 Å². The summed E-state index contributed by atoms with van der Waals surface area (Å²) >= 11 is 1.61. The van der Waals surface area contributed by atoms with Gasteiger partial charge in [-0.1, -0.05) is 12.1 Å². The molecular formula is C17H19ClN4O2S. The molecule has 3 heterocycles. The quantitative estimate of drug-likeness (QED) is 0.732. The fourth-order valence-corrected chi connectivity index (χ4v) is 3.46. The topological polar surface area (TPSA) is 67.7 Å². The molecule has 1 saturated heterocycles. The molecule has 1 aliphatic heterocycles. The predicted molar refractivity (Wildman–Crippen MR) is 102 cm³/mol. The maximum Gasteiger partial charge on any atom is 0.227 e. The average molecular weight is 379 g/mol. The highest BCUT2D eigenvalue weighted by molar-refractivity contribution is 7.15. The zero-order valence-corrected chi connectivity index (χ0v) is 15.1. The smallest absolute Gasteiger partial charge is 0.227 e. The molecule has 1 aliphatic rings. The van der Waals surface area contributed by atoms with Crippen LogP contribution in [0, 0.1) is 0 Å². The molecule has 25 heavy (non-hydrogen) atoms. The number of hydrogen-bond acceptors (Lipinski definition) is 5. The first-order valence-electron chi connectivity index (χ1n) is 7.93. The van der Waals surface area contributed by atoms with Crippen molar-refractivity contribution in [3.05, 3.63) is 42.0 Å². The normalized spacial score (nSPS) is 17.2. The number of halogens is 1. The lowest BCUT2D eigenvalue weighted by Gasteiger charge is -2.23. The maximum atomic E-state index is 12.1. The summed E-state index contributed by atoms with van der Waals surface area (Å²) in [6.45, 7) is 2.24. The van der Waals surface area contributed by atoms with Crippen LogP contribution in [-0.4, -0.2) is 41.1 Å². The molecule has 1 unspecified atom stereocenters. The molecule has 1 fully saturated rings. The Labute approximate surface area is 155 Å². The third-order valence-corrected chi connectivity index (χ3v) is 4.75. The number of anilines is 1. The zero-order valence-electron chi connectivity index (χ0n) is 13.5. The van der Waals surface area contributed by atoms with Crippen molar-refractivity contribution in [1.82, 2.24) is 14.7 Å². The van der Waals surface area contributed by atoms with E-state index in [1.807, 2.05) is 46.4 Å². The fourth-order valence-electron chi connectivity index (χ4n) is 2.76. The summed E-state index contributed by atoms with van der Waals surface area (Å²) in [6, 6.07) is 7.75. The van der Waals surface area contributed by atoms with Crippen LogP contribution < -0.4 is 10.6 Å². The van der Waals surface area contributed by atoms with Crippen LogP contribution in [0.3, 0.4) is 0 Å². The molecule has 1 aromatic carbocycles. The number of fused-ring (bicyclic) bond motifs is 1. The molecule has 2 aromatic heterocycles. The van der Waals surface area contributed by atoms with E-state index >= 15 is 0 Å². The van der Waals surface area contributed by atoms with E-state index < -0.39 is 0 Å². The fraction of sp³-hybridized carbons (Fsp3) is 0.294. The van der Waals surface area contributed by atoms with Crippen molar-refractivity contribution in [3.63, 3.8) is 0 Å². The van der Waals surface area contributed by atoms with Gasteiger partial charge in [0.05, 0.1) is 24.8 Å². The van der Waals surface area contributed by atoms with Crippen LogP contribution in [0.4, 0.5) is 5.69 Å². The van der Waals surface area contributed by atoms with Crippen molar-refractivity contribution in [1.29, 1.82) is 0 Å². The lowest BCUT2D eigenvalue weighted by molar-refractivity contribution is -0.119. The Morgan fingerprint density at radius 1 is 1.40 bits per heavy atom. The van der Waals surface area contributed by atoms with Gasteiger partial charge in [0.1, 0.15) is 0 Å². The van der Waals surface area contributed by atoms with Crippen LogP contribution in [0.25, 0.3) is 16.2 Å². The molecule has 1 amide bonds. The Kier molecular flexibility index (Phi) is 5.70. The van der Waals surface area contributed by atoms with Gasteiger partial charge in [0.15, 0.2) is 4.96 Å². The van der Waals surface area contributed by atoms with Gasteiger partial charge in [-0.05, 0) is 12.1 Å². The third kappa shape index (κ3) is 4.19. The molecule has 0 saturated carbocycles. The number of carbonyl (C=O) groups excluding carboxylic acids is 1. The molecule has 4 rings (SSSR count). The molecule has 2 N–H and O–H groups in total. The Hall–Kier alpha value is -1.93. The van der Waals surface area contributed by atoms with E-state index in [4.69, 9.17) is 4.74 Å². The number of ether oxygens (including phenoxy) is 1. The number of nitrogens with one attached hydrogen (secondary N) is 2. The second-order valence-electron chi connectivity index (χ2n) is 5.75. The lowest BCUT2D eigenvalue weighted by Crippen LogP contribution is -2.40. The van der Waals surface area contributed by atoms with Gasteiger partial charge in [-0.3, -0.25) is 9.20 Å². The molecule has 0 bridgehead atoms. The van der Waals surface area contributed by atoms with Crippen LogP contribution in [0.1, 0.15) is 6.42 Å². The number of carbonyl (C=O) groups is 1. The summed E-state index contributed by atoms with van der Waals surface area (Å²) in [5.41, 5.74) is 2.75. The number of benzene rings is 1. The van der Waals surface area contributed by atoms with Gasteiger partial charge in [0.25, 0.3) is 0 Å². The monoisotopic (exact) mass is 378 g/mol. The first-order valence-corrected chi connectivity index (χ1v) is 8.81. The highest BCUT2D eigenvalue weighted by Gasteiger charge is 2.17. The van der Waals surface area contributed by atoms with Gasteiger partial charge >= 0.3 is 0 Å². The van der Waals surface area contributed by atoms with Crippen molar-refractivity contribution >= 4 is 40.3 Å². The average Bonchev–Trinajstić information content (AvgIpc) is 3.18. The number of hydrogen-bond donors (Lipinski definition) is 2. The molecule has 0 spiro atoms. The number of morpholine rings is 1. The molecule has 8 heteroatoms. The van der Waals surface area contributed by atoms with Gasteiger partial charge in [-0.25, -0.2) is 4.98 Å². The van der Waals surface area contributed by atoms with E-state index in [9.17, 15) is 4.79 Å². The SMILES string of the molecule is Cl.O=C(CC1CNCCO1)Nc1ccc(-c2cn3ccsc3n2)cc1. The number of aromatic nitrogens is 2. The number of thiazole rings is 1. The molecule has 132 valence electrons. The lowest BCUT2D eigenvalue weighted by atomic mass is 10.1. The highest BCUT2D eigenvalue weighted by Crippen LogP contribution is 2.23. The van der Waals surface area contributed by atoms with Gasteiger partial charge in [0.2, 0.25) is 5.91 Å². The van der Waals surface area contributed by atoms with Gasteiger partial charge in [-0.15, -0.1) is 23.7 Å². The number of nitrogens with zero attached hydrogens (tertiary/aromatic N) is 2. The minimum atomic E-state index is -0.0449. The predicted octanol–water partition coefficient (Wildman–Crippen LogP) is 2.80. The minimum absolute atomic E-state index is 0. The molecular weight excluding hydrogens is 360 g/mol. The molecule has 6 nitrogen and oxygen atoms in total. The molecule has 3 aromatic rings. The van der Waals surface area contributed by atoms with E-state index in [0.717, 1.165) is 35.0 Å². The van der Waals surface area contributed by atoms with Crippen molar-refractivity contribution in [2.75, 3.05) is 25.0 Å². The number of amides is 1. The first-order chi connectivity index (χ1) is 11.8. The van der Waals surface area contributed by atoms with E-state index in [0.29, 0.717) is 13.0 Å². The Morgan fingerprint density at radius 2 is 2.24 bits per heavy atom. The van der Waals surface area contributed by atoms with Crippen LogP contribution in [-0.2, 0) is 9.53 Å². The summed E-state index contributed by atoms with van der Waals surface area (Å²) in [7, 11) is 0. The first kappa shape index (κ1) is 17.9. The van der Waals surface area contributed by atoms with Crippen molar-refractivity contribution in [2.24, 2.45) is 0 Å². The second-order valence-corrected chi connectivity index (χ2v) is 6.62. The number of rotatable bonds is 4. The van der Waals surface area contributed by atoms with Crippen LogP contribution in [0.2, 0.25) is 0 Å². The van der Waals surface area contributed by atoms with Crippen molar-refractivity contribution in [2.45, 2.75) is 12.5 Å². The number of imidazole rings is 1. The summed E-state index contributed by atoms with van der Waals surface area (Å²) in [6.07, 6.45) is 4.32. The summed E-state index contributed by atoms with van der Waals surface area (Å²) in [5, 5.41) is 8.15. The molecule has 1 atom stereocenters. The summed E-state index contributed by atoms with van der Waals surface area (Å²) in [5.74, 6) is -0.0287. The Balaban J connectivity index is 0.00000182. The second kappa shape index (κ2) is 7.97. The van der Waals surface area contributed by atoms with Crippen molar-refractivity contribution in [3.8, 4) is 11.3 Å². The van der Waals surface area contributed by atoms with Crippen molar-refractivity contribution < 1.29 is 9.53 Å². The Morgan fingerprint density at radius 3 is 2.96 bits per heavy atom. The third-order valence-electron chi connectivity index (χ3n) is 3.98. The van der Waals surface area contributed by atoms with E-state index in [-0.39, 0.29) is 24.4 Å². The van der Waals surface area contributed by atoms with E-state index in [2.05, 4.69) is 15.6 Å². The van der Waals surface area contributed by atoms with E-state index in [1.54, 1.807) is 11.3 Å². The molecule has 0 aliphatic carbocycles. The summed E-state index contributed by atoms with van der Waals surface area (Å²) < 4.78 is 7.56. The molecule has 0 radical (unpaired) electrons. The Bertz CT molecular complexity index is 811. The van der Waals surface area contributed by atoms with Crippen LogP contribution in [0.15, 0.2) is 42.0 Å². The maximum absolute atomic E-state index is 12.1. The van der Waals surface area contributed by atoms with Gasteiger partial charge in [0, 0.05) is 42.1 Å². The largest absolute Gasteiger partial charge is 0.375 e. The summed E-state index contributed by atoms with van der Waals surface area (Å²) in [4.78, 5) is 17.6. The van der Waals surface area contributed by atoms with Crippen LogP contribution >= 0.6 is 23.7 Å².